The highest BCUT2D eigenvalue weighted by atomic mass is 19.1. The molecule has 1 amide bonds. The molecule has 0 bridgehead atoms. The van der Waals surface area contributed by atoms with Crippen LogP contribution in [0.3, 0.4) is 0 Å². The summed E-state index contributed by atoms with van der Waals surface area (Å²) in [5, 5.41) is 9.97. The maximum atomic E-state index is 13.7. The Morgan fingerprint density at radius 2 is 1.75 bits per heavy atom. The first-order valence-electron chi connectivity index (χ1n) is 8.44. The van der Waals surface area contributed by atoms with E-state index in [1.165, 1.54) is 24.5 Å². The van der Waals surface area contributed by atoms with Gasteiger partial charge in [-0.3, -0.25) is 4.79 Å². The zero-order valence-electron chi connectivity index (χ0n) is 14.6. The van der Waals surface area contributed by atoms with Gasteiger partial charge in [0, 0.05) is 29.8 Å². The first kappa shape index (κ1) is 17.3. The molecule has 0 aliphatic heterocycles. The molecule has 8 heteroatoms. The van der Waals surface area contributed by atoms with Crippen molar-refractivity contribution in [3.63, 3.8) is 0 Å². The third-order valence-corrected chi connectivity index (χ3v) is 3.93. The van der Waals surface area contributed by atoms with Crippen LogP contribution in [-0.4, -0.2) is 25.7 Å². The summed E-state index contributed by atoms with van der Waals surface area (Å²) in [6, 6.07) is 16.4. The van der Waals surface area contributed by atoms with Crippen LogP contribution in [0.25, 0.3) is 5.82 Å². The normalized spacial score (nSPS) is 10.5. The number of nitrogens with zero attached hydrogens (tertiary/aromatic N) is 4. The van der Waals surface area contributed by atoms with E-state index in [9.17, 15) is 9.18 Å². The molecule has 7 nitrogen and oxygen atoms in total. The summed E-state index contributed by atoms with van der Waals surface area (Å²) in [7, 11) is 0. The molecule has 4 rings (SSSR count). The summed E-state index contributed by atoms with van der Waals surface area (Å²) in [5.74, 6) is 0.174. The van der Waals surface area contributed by atoms with Crippen molar-refractivity contribution >= 4 is 23.1 Å². The molecule has 2 aromatic carbocycles. The minimum Gasteiger partial charge on any atom is -0.340 e. The number of carbonyl (C=O) groups excluding carboxylic acids is 1. The van der Waals surface area contributed by atoms with Gasteiger partial charge in [0.2, 0.25) is 0 Å². The van der Waals surface area contributed by atoms with E-state index in [0.717, 1.165) is 5.69 Å². The summed E-state index contributed by atoms with van der Waals surface area (Å²) in [4.78, 5) is 20.5. The fourth-order valence-electron chi connectivity index (χ4n) is 2.57. The van der Waals surface area contributed by atoms with Crippen LogP contribution in [0.2, 0.25) is 0 Å². The van der Waals surface area contributed by atoms with Gasteiger partial charge in [0.25, 0.3) is 5.91 Å². The van der Waals surface area contributed by atoms with Crippen LogP contribution in [0.4, 0.5) is 21.6 Å². The second-order valence-electron chi connectivity index (χ2n) is 5.85. The van der Waals surface area contributed by atoms with E-state index >= 15 is 0 Å². The Bertz CT molecular complexity index is 1100. The predicted molar refractivity (Wildman–Crippen MR) is 103 cm³/mol. The van der Waals surface area contributed by atoms with Crippen LogP contribution in [0.15, 0.2) is 79.4 Å². The standard InChI is InChI=1S/C20H15FN6O/c21-17-5-2-1-4-16(17)20(28)26-15-8-6-14(7-9-15)25-18-12-19(23-13-22-18)27-11-3-10-24-27/h1-13H,(H,26,28)(H,22,23,25). The molecule has 0 unspecified atom stereocenters. The summed E-state index contributed by atoms with van der Waals surface area (Å²) < 4.78 is 15.3. The zero-order chi connectivity index (χ0) is 19.3. The van der Waals surface area contributed by atoms with Gasteiger partial charge in [-0.15, -0.1) is 0 Å². The fourth-order valence-corrected chi connectivity index (χ4v) is 2.57. The second kappa shape index (κ2) is 7.67. The SMILES string of the molecule is O=C(Nc1ccc(Nc2cc(-n3cccn3)ncn2)cc1)c1ccccc1F. The fraction of sp³-hybridized carbons (Fsp3) is 0. The van der Waals surface area contributed by atoms with Crippen molar-refractivity contribution in [1.29, 1.82) is 0 Å². The minimum absolute atomic E-state index is 0.00293. The second-order valence-corrected chi connectivity index (χ2v) is 5.85. The summed E-state index contributed by atoms with van der Waals surface area (Å²) in [6.07, 6.45) is 4.91. The first-order chi connectivity index (χ1) is 13.7. The number of rotatable bonds is 5. The molecule has 2 aromatic heterocycles. The summed E-state index contributed by atoms with van der Waals surface area (Å²) in [5.41, 5.74) is 1.32. The highest BCUT2D eigenvalue weighted by molar-refractivity contribution is 6.04. The number of anilines is 3. The Balaban J connectivity index is 1.45. The number of hydrogen-bond donors (Lipinski definition) is 2. The maximum Gasteiger partial charge on any atom is 0.258 e. The quantitative estimate of drug-likeness (QED) is 0.555. The lowest BCUT2D eigenvalue weighted by atomic mass is 10.2. The molecule has 0 radical (unpaired) electrons. The first-order valence-corrected chi connectivity index (χ1v) is 8.44. The van der Waals surface area contributed by atoms with Gasteiger partial charge in [-0.05, 0) is 42.5 Å². The monoisotopic (exact) mass is 374 g/mol. The van der Waals surface area contributed by atoms with Crippen molar-refractivity contribution in [3.8, 4) is 5.82 Å². The van der Waals surface area contributed by atoms with Crippen LogP contribution in [0.1, 0.15) is 10.4 Å². The van der Waals surface area contributed by atoms with Crippen LogP contribution in [0, 0.1) is 5.82 Å². The van der Waals surface area contributed by atoms with Gasteiger partial charge in [0.05, 0.1) is 5.56 Å². The average molecular weight is 374 g/mol. The number of hydrogen-bond acceptors (Lipinski definition) is 5. The third-order valence-electron chi connectivity index (χ3n) is 3.93. The zero-order valence-corrected chi connectivity index (χ0v) is 14.6. The van der Waals surface area contributed by atoms with E-state index in [-0.39, 0.29) is 5.56 Å². The molecule has 0 atom stereocenters. The van der Waals surface area contributed by atoms with Crippen molar-refractivity contribution in [2.75, 3.05) is 10.6 Å². The number of amides is 1. The predicted octanol–water partition coefficient (Wildman–Crippen LogP) is 3.80. The lowest BCUT2D eigenvalue weighted by molar-refractivity contribution is 0.102. The molecule has 28 heavy (non-hydrogen) atoms. The molecule has 0 spiro atoms. The van der Waals surface area contributed by atoms with Gasteiger partial charge in [-0.1, -0.05) is 12.1 Å². The van der Waals surface area contributed by atoms with E-state index in [1.54, 1.807) is 53.5 Å². The van der Waals surface area contributed by atoms with Gasteiger partial charge in [0.1, 0.15) is 18.0 Å². The Morgan fingerprint density at radius 1 is 0.964 bits per heavy atom. The van der Waals surface area contributed by atoms with Crippen LogP contribution >= 0.6 is 0 Å². The molecule has 0 saturated heterocycles. The lowest BCUT2D eigenvalue weighted by Crippen LogP contribution is -2.13. The molecule has 2 N–H and O–H groups in total. The highest BCUT2D eigenvalue weighted by Crippen LogP contribution is 2.19. The third kappa shape index (κ3) is 3.85. The molecule has 0 aliphatic carbocycles. The smallest absolute Gasteiger partial charge is 0.258 e. The number of aromatic nitrogens is 4. The van der Waals surface area contributed by atoms with E-state index in [1.807, 2.05) is 6.07 Å². The largest absolute Gasteiger partial charge is 0.340 e. The summed E-state index contributed by atoms with van der Waals surface area (Å²) >= 11 is 0. The number of nitrogens with one attached hydrogen (secondary N) is 2. The van der Waals surface area contributed by atoms with Crippen LogP contribution in [0.5, 0.6) is 0 Å². The van der Waals surface area contributed by atoms with Gasteiger partial charge < -0.3 is 10.6 Å². The molecule has 138 valence electrons. The molecule has 2 heterocycles. The Labute approximate surface area is 159 Å². The lowest BCUT2D eigenvalue weighted by Gasteiger charge is -2.09. The van der Waals surface area contributed by atoms with Gasteiger partial charge >= 0.3 is 0 Å². The van der Waals surface area contributed by atoms with E-state index < -0.39 is 11.7 Å². The molecule has 4 aromatic rings. The van der Waals surface area contributed by atoms with Crippen molar-refractivity contribution < 1.29 is 9.18 Å². The molecular formula is C20H15FN6O. The van der Waals surface area contributed by atoms with Gasteiger partial charge in [-0.25, -0.2) is 19.0 Å². The van der Waals surface area contributed by atoms with Crippen LogP contribution in [-0.2, 0) is 0 Å². The van der Waals surface area contributed by atoms with Crippen molar-refractivity contribution in [2.45, 2.75) is 0 Å². The Hall–Kier alpha value is -4.07. The molecule has 0 saturated carbocycles. The number of carbonyl (C=O) groups is 1. The average Bonchev–Trinajstić information content (AvgIpc) is 3.25. The van der Waals surface area contributed by atoms with E-state index in [4.69, 9.17) is 0 Å². The molecule has 0 fully saturated rings. The topological polar surface area (TPSA) is 84.7 Å². The Morgan fingerprint density at radius 3 is 2.50 bits per heavy atom. The maximum absolute atomic E-state index is 13.7. The number of halogens is 1. The van der Waals surface area contributed by atoms with Crippen LogP contribution < -0.4 is 10.6 Å². The number of benzene rings is 2. The molecule has 0 aliphatic rings. The van der Waals surface area contributed by atoms with Crippen molar-refractivity contribution in [1.82, 2.24) is 19.7 Å². The van der Waals surface area contributed by atoms with Crippen molar-refractivity contribution in [2.24, 2.45) is 0 Å². The Kier molecular flexibility index (Phi) is 4.75. The van der Waals surface area contributed by atoms with Crippen molar-refractivity contribution in [3.05, 3.63) is 90.8 Å². The van der Waals surface area contributed by atoms with E-state index in [2.05, 4.69) is 25.7 Å². The van der Waals surface area contributed by atoms with Gasteiger partial charge in [-0.2, -0.15) is 5.10 Å². The minimum atomic E-state index is -0.560. The van der Waals surface area contributed by atoms with Gasteiger partial charge in [0.15, 0.2) is 5.82 Å². The summed E-state index contributed by atoms with van der Waals surface area (Å²) in [6.45, 7) is 0. The van der Waals surface area contributed by atoms with E-state index in [0.29, 0.717) is 17.3 Å². The highest BCUT2D eigenvalue weighted by Gasteiger charge is 2.11. The molecular weight excluding hydrogens is 359 g/mol.